The minimum Gasteiger partial charge on any atom is -0.326 e. The Bertz CT molecular complexity index is 1050. The molecule has 0 aliphatic carbocycles. The van der Waals surface area contributed by atoms with E-state index in [-0.39, 0.29) is 29.7 Å². The van der Waals surface area contributed by atoms with Crippen LogP contribution in [0.4, 0.5) is 15.8 Å². The van der Waals surface area contributed by atoms with Crippen LogP contribution in [0.5, 0.6) is 0 Å². The lowest BCUT2D eigenvalue weighted by molar-refractivity contribution is -0.122. The maximum atomic E-state index is 13.1. The first-order valence-electron chi connectivity index (χ1n) is 9.81. The van der Waals surface area contributed by atoms with Crippen molar-refractivity contribution in [2.45, 2.75) is 24.2 Å². The number of rotatable bonds is 5. The topological polar surface area (TPSA) is 86.8 Å². The second-order valence-electron chi connectivity index (χ2n) is 7.51. The van der Waals surface area contributed by atoms with Crippen LogP contribution in [0.25, 0.3) is 0 Å². The van der Waals surface area contributed by atoms with Gasteiger partial charge in [0.25, 0.3) is 0 Å². The van der Waals surface area contributed by atoms with Crippen LogP contribution in [0, 0.1) is 11.7 Å². The number of nitrogens with zero attached hydrogens (tertiary/aromatic N) is 2. The normalized spacial score (nSPS) is 20.0. The molecule has 9 heteroatoms. The maximum Gasteiger partial charge on any atom is 0.243 e. The molecule has 2 aromatic rings. The Kier molecular flexibility index (Phi) is 5.57. The van der Waals surface area contributed by atoms with Gasteiger partial charge < -0.3 is 10.2 Å². The number of carbonyl (C=O) groups is 2. The number of anilines is 2. The highest BCUT2D eigenvalue weighted by Gasteiger charge is 2.35. The molecule has 0 unspecified atom stereocenters. The average Bonchev–Trinajstić information content (AvgIpc) is 3.40. The summed E-state index contributed by atoms with van der Waals surface area (Å²) in [5, 5.41) is 2.75. The van der Waals surface area contributed by atoms with Crippen LogP contribution in [0.2, 0.25) is 0 Å². The molecule has 0 bridgehead atoms. The van der Waals surface area contributed by atoms with Crippen LogP contribution in [-0.2, 0) is 19.6 Å². The predicted octanol–water partition coefficient (Wildman–Crippen LogP) is 2.60. The summed E-state index contributed by atoms with van der Waals surface area (Å²) in [5.41, 5.74) is 1.02. The van der Waals surface area contributed by atoms with E-state index in [0.717, 1.165) is 12.8 Å². The Hall–Kier alpha value is -2.78. The summed E-state index contributed by atoms with van der Waals surface area (Å²) in [6.07, 6.45) is 1.79. The van der Waals surface area contributed by atoms with Gasteiger partial charge in [0.05, 0.1) is 10.8 Å². The quantitative estimate of drug-likeness (QED) is 0.789. The average molecular weight is 431 g/mol. The highest BCUT2D eigenvalue weighted by Crippen LogP contribution is 2.27. The van der Waals surface area contributed by atoms with Gasteiger partial charge in [0.1, 0.15) is 5.82 Å². The highest BCUT2D eigenvalue weighted by molar-refractivity contribution is 7.89. The Labute approximate surface area is 174 Å². The summed E-state index contributed by atoms with van der Waals surface area (Å²) in [6, 6.07) is 11.6. The van der Waals surface area contributed by atoms with Crippen molar-refractivity contribution in [1.29, 1.82) is 0 Å². The number of nitrogens with one attached hydrogen (secondary N) is 1. The summed E-state index contributed by atoms with van der Waals surface area (Å²) in [6.45, 7) is 1.26. The Balaban J connectivity index is 1.40. The fourth-order valence-electron chi connectivity index (χ4n) is 3.79. The molecule has 1 N–H and O–H groups in total. The van der Waals surface area contributed by atoms with Crippen molar-refractivity contribution >= 4 is 33.2 Å². The highest BCUT2D eigenvalue weighted by atomic mass is 32.2. The van der Waals surface area contributed by atoms with Gasteiger partial charge >= 0.3 is 0 Å². The smallest absolute Gasteiger partial charge is 0.243 e. The number of amides is 2. The van der Waals surface area contributed by atoms with Gasteiger partial charge in [-0.05, 0) is 61.4 Å². The molecule has 2 heterocycles. The number of hydrogen-bond acceptors (Lipinski definition) is 4. The zero-order valence-corrected chi connectivity index (χ0v) is 17.1. The van der Waals surface area contributed by atoms with Crippen molar-refractivity contribution in [2.75, 3.05) is 29.9 Å². The largest absolute Gasteiger partial charge is 0.326 e. The van der Waals surface area contributed by atoms with Crippen LogP contribution in [0.15, 0.2) is 53.4 Å². The third-order valence-corrected chi connectivity index (χ3v) is 7.37. The van der Waals surface area contributed by atoms with E-state index in [4.69, 9.17) is 0 Å². The van der Waals surface area contributed by atoms with Crippen LogP contribution in [-0.4, -0.2) is 44.2 Å². The molecule has 7 nitrogen and oxygen atoms in total. The van der Waals surface area contributed by atoms with E-state index in [9.17, 15) is 22.4 Å². The molecule has 0 saturated carbocycles. The lowest BCUT2D eigenvalue weighted by Gasteiger charge is -2.17. The zero-order valence-electron chi connectivity index (χ0n) is 16.3. The number of halogens is 1. The van der Waals surface area contributed by atoms with Gasteiger partial charge in [-0.1, -0.05) is 0 Å². The summed E-state index contributed by atoms with van der Waals surface area (Å²) >= 11 is 0. The number of hydrogen-bond donors (Lipinski definition) is 1. The van der Waals surface area contributed by atoms with Gasteiger partial charge in [0.15, 0.2) is 0 Å². The molecule has 2 aliphatic heterocycles. The molecule has 4 rings (SSSR count). The van der Waals surface area contributed by atoms with Gasteiger partial charge in [0.2, 0.25) is 21.8 Å². The third kappa shape index (κ3) is 4.08. The Morgan fingerprint density at radius 2 is 1.63 bits per heavy atom. The van der Waals surface area contributed by atoms with E-state index in [1.807, 2.05) is 0 Å². The van der Waals surface area contributed by atoms with E-state index < -0.39 is 21.8 Å². The molecule has 2 aliphatic rings. The molecular weight excluding hydrogens is 409 g/mol. The first kappa shape index (κ1) is 20.5. The standard InChI is InChI=1S/C21H22FN3O4S/c22-16-3-7-18(8-4-16)25-14-15(13-20(25)26)21(27)23-17-5-9-19(10-6-17)30(28,29)24-11-1-2-12-24/h3-10,15H,1-2,11-14H2,(H,23,27)/t15-/m0/s1. The molecule has 2 fully saturated rings. The van der Waals surface area contributed by atoms with Gasteiger partial charge in [-0.15, -0.1) is 0 Å². The molecule has 0 aromatic heterocycles. The van der Waals surface area contributed by atoms with Crippen molar-refractivity contribution in [3.05, 3.63) is 54.3 Å². The molecule has 0 spiro atoms. The molecule has 30 heavy (non-hydrogen) atoms. The monoisotopic (exact) mass is 431 g/mol. The number of sulfonamides is 1. The third-order valence-electron chi connectivity index (χ3n) is 5.46. The number of benzene rings is 2. The van der Waals surface area contributed by atoms with E-state index in [1.165, 1.54) is 45.6 Å². The predicted molar refractivity (Wildman–Crippen MR) is 110 cm³/mol. The van der Waals surface area contributed by atoms with E-state index >= 15 is 0 Å². The second-order valence-corrected chi connectivity index (χ2v) is 9.44. The molecular formula is C21H22FN3O4S. The number of carbonyl (C=O) groups excluding carboxylic acids is 2. The molecule has 0 radical (unpaired) electrons. The first-order valence-corrected chi connectivity index (χ1v) is 11.3. The molecule has 1 atom stereocenters. The lowest BCUT2D eigenvalue weighted by Crippen LogP contribution is -2.28. The van der Waals surface area contributed by atoms with Crippen molar-refractivity contribution in [3.8, 4) is 0 Å². The van der Waals surface area contributed by atoms with Crippen molar-refractivity contribution in [2.24, 2.45) is 5.92 Å². The fourth-order valence-corrected chi connectivity index (χ4v) is 5.30. The second kappa shape index (κ2) is 8.16. The van der Waals surface area contributed by atoms with Gasteiger partial charge in [-0.3, -0.25) is 9.59 Å². The minimum atomic E-state index is -3.51. The van der Waals surface area contributed by atoms with Gasteiger partial charge in [-0.25, -0.2) is 12.8 Å². The summed E-state index contributed by atoms with van der Waals surface area (Å²) in [4.78, 5) is 26.6. The van der Waals surface area contributed by atoms with Gasteiger partial charge in [0, 0.05) is 37.4 Å². The maximum absolute atomic E-state index is 13.1. The molecule has 2 saturated heterocycles. The lowest BCUT2D eigenvalue weighted by atomic mass is 10.1. The van der Waals surface area contributed by atoms with Crippen molar-refractivity contribution < 1.29 is 22.4 Å². The van der Waals surface area contributed by atoms with Gasteiger partial charge in [-0.2, -0.15) is 4.31 Å². The van der Waals surface area contributed by atoms with E-state index in [2.05, 4.69) is 5.32 Å². The SMILES string of the molecule is O=C(Nc1ccc(S(=O)(=O)N2CCCC2)cc1)[C@H]1CC(=O)N(c2ccc(F)cc2)C1. The molecule has 2 amide bonds. The van der Waals surface area contributed by atoms with E-state index in [0.29, 0.717) is 24.5 Å². The Morgan fingerprint density at radius 1 is 1.00 bits per heavy atom. The first-order chi connectivity index (χ1) is 14.3. The summed E-state index contributed by atoms with van der Waals surface area (Å²) in [5.74, 6) is -1.46. The summed E-state index contributed by atoms with van der Waals surface area (Å²) < 4.78 is 39.7. The fraction of sp³-hybridized carbons (Fsp3) is 0.333. The minimum absolute atomic E-state index is 0.0602. The molecule has 2 aromatic carbocycles. The van der Waals surface area contributed by atoms with E-state index in [1.54, 1.807) is 12.1 Å². The van der Waals surface area contributed by atoms with Crippen LogP contribution < -0.4 is 10.2 Å². The molecule has 158 valence electrons. The summed E-state index contributed by atoms with van der Waals surface area (Å²) in [7, 11) is -3.51. The zero-order chi connectivity index (χ0) is 21.3. The van der Waals surface area contributed by atoms with Crippen LogP contribution in [0.1, 0.15) is 19.3 Å². The van der Waals surface area contributed by atoms with Crippen molar-refractivity contribution in [1.82, 2.24) is 4.31 Å². The Morgan fingerprint density at radius 3 is 2.27 bits per heavy atom. The van der Waals surface area contributed by atoms with Crippen molar-refractivity contribution in [3.63, 3.8) is 0 Å². The van der Waals surface area contributed by atoms with Crippen LogP contribution in [0.3, 0.4) is 0 Å². The van der Waals surface area contributed by atoms with Crippen LogP contribution >= 0.6 is 0 Å².